The Morgan fingerprint density at radius 1 is 1.44 bits per heavy atom. The molecule has 0 saturated carbocycles. The van der Waals surface area contributed by atoms with Crippen LogP contribution in [0.3, 0.4) is 0 Å². The zero-order chi connectivity index (χ0) is 11.5. The van der Waals surface area contributed by atoms with Gasteiger partial charge in [0.15, 0.2) is 5.79 Å². The molecule has 0 aromatic rings. The van der Waals surface area contributed by atoms with Gasteiger partial charge in [0.05, 0.1) is 18.6 Å². The maximum absolute atomic E-state index is 10.6. The molecule has 0 aromatic heterocycles. The standard InChI is InChI=1S/C10H18O4S.Y/c1-10(2)13-7(5-9(11)12)4-8(14-10)6-15-3;/h7-8H,4-6H2,1-3H3,(H,11,12);. The van der Waals surface area contributed by atoms with E-state index in [1.807, 2.05) is 20.1 Å². The maximum atomic E-state index is 10.6. The molecule has 1 radical (unpaired) electrons. The summed E-state index contributed by atoms with van der Waals surface area (Å²) < 4.78 is 11.2. The number of thioether (sulfide) groups is 1. The van der Waals surface area contributed by atoms with Crippen LogP contribution in [0.1, 0.15) is 26.7 Å². The molecule has 16 heavy (non-hydrogen) atoms. The fraction of sp³-hybridized carbons (Fsp3) is 0.900. The molecular formula is C10H18O4SY. The SMILES string of the molecule is CSCC1CC(CC(=O)O)OC(C)(C)O1.[Y]. The molecule has 91 valence electrons. The second kappa shape index (κ2) is 7.32. The van der Waals surface area contributed by atoms with Crippen molar-refractivity contribution < 1.29 is 52.1 Å². The number of hydrogen-bond donors (Lipinski definition) is 1. The molecular weight excluding hydrogens is 305 g/mol. The first-order chi connectivity index (χ1) is 6.93. The Balaban J connectivity index is 0.00000225. The number of hydrogen-bond acceptors (Lipinski definition) is 4. The molecule has 0 aromatic carbocycles. The minimum Gasteiger partial charge on any atom is -0.481 e. The van der Waals surface area contributed by atoms with E-state index in [0.29, 0.717) is 6.42 Å². The van der Waals surface area contributed by atoms with Crippen molar-refractivity contribution in [2.75, 3.05) is 12.0 Å². The molecule has 4 nitrogen and oxygen atoms in total. The van der Waals surface area contributed by atoms with Crippen LogP contribution in [0.25, 0.3) is 0 Å². The Morgan fingerprint density at radius 2 is 2.00 bits per heavy atom. The van der Waals surface area contributed by atoms with Crippen LogP contribution in [0.2, 0.25) is 0 Å². The van der Waals surface area contributed by atoms with Crippen molar-refractivity contribution in [3.05, 3.63) is 0 Å². The predicted octanol–water partition coefficient (Wildman–Crippen LogP) is 1.73. The van der Waals surface area contributed by atoms with Crippen molar-refractivity contribution in [2.45, 2.75) is 44.7 Å². The van der Waals surface area contributed by atoms with Gasteiger partial charge in [0, 0.05) is 44.9 Å². The molecule has 1 fully saturated rings. The normalized spacial score (nSPS) is 28.2. The molecule has 0 amide bonds. The van der Waals surface area contributed by atoms with Gasteiger partial charge >= 0.3 is 5.97 Å². The van der Waals surface area contributed by atoms with E-state index in [2.05, 4.69) is 0 Å². The van der Waals surface area contributed by atoms with Crippen LogP contribution in [0.5, 0.6) is 0 Å². The number of carboxylic acid groups (broad SMARTS) is 1. The Kier molecular flexibility index (Phi) is 7.70. The van der Waals surface area contributed by atoms with Crippen LogP contribution in [0.4, 0.5) is 0 Å². The van der Waals surface area contributed by atoms with Crippen LogP contribution in [-0.2, 0) is 47.0 Å². The monoisotopic (exact) mass is 323 g/mol. The Morgan fingerprint density at radius 3 is 2.50 bits per heavy atom. The van der Waals surface area contributed by atoms with E-state index in [-0.39, 0.29) is 51.3 Å². The number of ether oxygens (including phenoxy) is 2. The Labute approximate surface area is 126 Å². The summed E-state index contributed by atoms with van der Waals surface area (Å²) in [5.74, 6) is -0.609. The molecule has 2 unspecified atom stereocenters. The van der Waals surface area contributed by atoms with Gasteiger partial charge < -0.3 is 14.6 Å². The molecule has 1 aliphatic rings. The summed E-state index contributed by atoms with van der Waals surface area (Å²) in [4.78, 5) is 10.6. The fourth-order valence-electron chi connectivity index (χ4n) is 1.83. The van der Waals surface area contributed by atoms with E-state index in [4.69, 9.17) is 14.6 Å². The van der Waals surface area contributed by atoms with E-state index < -0.39 is 11.8 Å². The number of carboxylic acids is 1. The summed E-state index contributed by atoms with van der Waals surface area (Å²) in [5.41, 5.74) is 0. The van der Waals surface area contributed by atoms with Crippen molar-refractivity contribution in [2.24, 2.45) is 0 Å². The molecule has 1 N–H and O–H groups in total. The van der Waals surface area contributed by atoms with E-state index in [1.54, 1.807) is 11.8 Å². The van der Waals surface area contributed by atoms with E-state index >= 15 is 0 Å². The van der Waals surface area contributed by atoms with Crippen LogP contribution in [0.15, 0.2) is 0 Å². The fourth-order valence-corrected chi connectivity index (χ4v) is 2.40. The molecule has 0 aliphatic carbocycles. The number of aliphatic carboxylic acids is 1. The van der Waals surface area contributed by atoms with Crippen molar-refractivity contribution in [3.63, 3.8) is 0 Å². The molecule has 0 spiro atoms. The van der Waals surface area contributed by atoms with Gasteiger partial charge in [-0.1, -0.05) is 0 Å². The summed E-state index contributed by atoms with van der Waals surface area (Å²) in [6.07, 6.45) is 2.59. The first-order valence-electron chi connectivity index (χ1n) is 4.99. The minimum absolute atomic E-state index is 0. The quantitative estimate of drug-likeness (QED) is 0.854. The molecule has 1 aliphatic heterocycles. The van der Waals surface area contributed by atoms with Gasteiger partial charge in [-0.25, -0.2) is 0 Å². The smallest absolute Gasteiger partial charge is 0.305 e. The summed E-state index contributed by atoms with van der Waals surface area (Å²) in [6.45, 7) is 3.66. The number of rotatable bonds is 4. The zero-order valence-electron chi connectivity index (χ0n) is 9.93. The number of carbonyl (C=O) groups is 1. The third kappa shape index (κ3) is 5.96. The van der Waals surface area contributed by atoms with Gasteiger partial charge in [0.1, 0.15) is 0 Å². The average Bonchev–Trinajstić information content (AvgIpc) is 1.99. The summed E-state index contributed by atoms with van der Waals surface area (Å²) >= 11 is 1.70. The van der Waals surface area contributed by atoms with Crippen molar-refractivity contribution in [1.82, 2.24) is 0 Å². The first-order valence-corrected chi connectivity index (χ1v) is 6.38. The third-order valence-corrected chi connectivity index (χ3v) is 2.89. The van der Waals surface area contributed by atoms with Crippen LogP contribution >= 0.6 is 11.8 Å². The molecule has 1 rings (SSSR count). The van der Waals surface area contributed by atoms with Gasteiger partial charge in [-0.3, -0.25) is 4.79 Å². The molecule has 1 heterocycles. The van der Waals surface area contributed by atoms with Crippen molar-refractivity contribution >= 4 is 17.7 Å². The van der Waals surface area contributed by atoms with Gasteiger partial charge in [0.25, 0.3) is 0 Å². The summed E-state index contributed by atoms with van der Waals surface area (Å²) in [6, 6.07) is 0. The van der Waals surface area contributed by atoms with Gasteiger partial charge in [-0.05, 0) is 20.1 Å². The topological polar surface area (TPSA) is 55.8 Å². The van der Waals surface area contributed by atoms with Crippen LogP contribution in [0, 0.1) is 0 Å². The predicted molar refractivity (Wildman–Crippen MR) is 59.1 cm³/mol. The van der Waals surface area contributed by atoms with Crippen LogP contribution < -0.4 is 0 Å². The van der Waals surface area contributed by atoms with E-state index in [1.165, 1.54) is 0 Å². The largest absolute Gasteiger partial charge is 0.481 e. The van der Waals surface area contributed by atoms with Gasteiger partial charge in [-0.2, -0.15) is 11.8 Å². The minimum atomic E-state index is -0.819. The molecule has 2 atom stereocenters. The zero-order valence-corrected chi connectivity index (χ0v) is 13.6. The van der Waals surface area contributed by atoms with E-state index in [9.17, 15) is 4.79 Å². The van der Waals surface area contributed by atoms with Gasteiger partial charge in [0.2, 0.25) is 0 Å². The molecule has 1 saturated heterocycles. The first kappa shape index (κ1) is 16.8. The van der Waals surface area contributed by atoms with Gasteiger partial charge in [-0.15, -0.1) is 0 Å². The van der Waals surface area contributed by atoms with E-state index in [0.717, 1.165) is 5.75 Å². The van der Waals surface area contributed by atoms with Crippen molar-refractivity contribution in [3.8, 4) is 0 Å². The summed E-state index contributed by atoms with van der Waals surface area (Å²) in [7, 11) is 0. The Hall–Kier alpha value is 0.844. The van der Waals surface area contributed by atoms with Crippen molar-refractivity contribution in [1.29, 1.82) is 0 Å². The molecule has 0 bridgehead atoms. The maximum Gasteiger partial charge on any atom is 0.305 e. The van der Waals surface area contributed by atoms with Crippen LogP contribution in [-0.4, -0.2) is 41.1 Å². The third-order valence-electron chi connectivity index (χ3n) is 2.18. The Bertz CT molecular complexity index is 235. The summed E-state index contributed by atoms with van der Waals surface area (Å²) in [5, 5.41) is 8.73. The second-order valence-corrected chi connectivity index (χ2v) is 5.08. The second-order valence-electron chi connectivity index (χ2n) is 4.17. The molecule has 6 heteroatoms. The average molecular weight is 323 g/mol.